The highest BCUT2D eigenvalue weighted by atomic mass is 16.3. The van der Waals surface area contributed by atoms with Crippen molar-refractivity contribution in [1.82, 2.24) is 4.98 Å². The number of carbonyl (C=O) groups excluding carboxylic acids is 2. The lowest BCUT2D eigenvalue weighted by atomic mass is 10.1. The number of aromatic amines is 1. The van der Waals surface area contributed by atoms with Crippen molar-refractivity contribution in [2.24, 2.45) is 0 Å². The number of carbonyl (C=O) groups is 2. The number of fused-ring (bicyclic) bond motifs is 1. The minimum absolute atomic E-state index is 0.137. The van der Waals surface area contributed by atoms with Crippen LogP contribution in [0.1, 0.15) is 22.8 Å². The van der Waals surface area contributed by atoms with E-state index in [1.165, 1.54) is 0 Å². The van der Waals surface area contributed by atoms with E-state index >= 15 is 0 Å². The van der Waals surface area contributed by atoms with Gasteiger partial charge in [0.05, 0.1) is 16.9 Å². The number of aryl methyl sites for hydroxylation is 2. The molecule has 0 radical (unpaired) electrons. The number of furan rings is 1. The Morgan fingerprint density at radius 2 is 1.76 bits per heavy atom. The largest absolute Gasteiger partial charge is 0.464 e. The molecular formula is C26H23N5O3. The predicted molar refractivity (Wildman–Crippen MR) is 134 cm³/mol. The van der Waals surface area contributed by atoms with E-state index in [2.05, 4.69) is 26.3 Å². The molecular weight excluding hydrogens is 430 g/mol. The molecule has 0 fully saturated rings. The lowest BCUT2D eigenvalue weighted by molar-refractivity contribution is -0.110. The molecule has 3 heterocycles. The molecule has 0 unspecified atom stereocenters. The van der Waals surface area contributed by atoms with Crippen LogP contribution in [0.5, 0.6) is 0 Å². The molecule has 0 spiro atoms. The predicted octanol–water partition coefficient (Wildman–Crippen LogP) is 6.10. The molecule has 34 heavy (non-hydrogen) atoms. The van der Waals surface area contributed by atoms with Gasteiger partial charge in [0.25, 0.3) is 5.91 Å². The normalized spacial score (nSPS) is 13.5. The van der Waals surface area contributed by atoms with Crippen molar-refractivity contribution in [3.8, 4) is 0 Å². The first-order chi connectivity index (χ1) is 16.4. The third-order valence-corrected chi connectivity index (χ3v) is 5.42. The Kier molecular flexibility index (Phi) is 5.39. The van der Waals surface area contributed by atoms with Crippen LogP contribution < -0.4 is 21.3 Å². The lowest BCUT2D eigenvalue weighted by Crippen LogP contribution is -2.19. The molecule has 2 aromatic carbocycles. The van der Waals surface area contributed by atoms with Gasteiger partial charge in [-0.25, -0.2) is 4.79 Å². The Hall–Kier alpha value is -4.72. The highest BCUT2D eigenvalue weighted by Gasteiger charge is 2.24. The number of benzene rings is 2. The van der Waals surface area contributed by atoms with E-state index in [0.29, 0.717) is 22.7 Å². The molecule has 5 N–H and O–H groups in total. The van der Waals surface area contributed by atoms with Crippen LogP contribution >= 0.6 is 0 Å². The average molecular weight is 454 g/mol. The molecule has 1 aliphatic rings. The van der Waals surface area contributed by atoms with Gasteiger partial charge in [-0.05, 0) is 62.4 Å². The number of hydrogen-bond acceptors (Lipinski definition) is 4. The molecule has 1 aliphatic heterocycles. The van der Waals surface area contributed by atoms with Gasteiger partial charge in [-0.2, -0.15) is 0 Å². The van der Waals surface area contributed by atoms with Crippen molar-refractivity contribution in [2.75, 3.05) is 21.3 Å². The summed E-state index contributed by atoms with van der Waals surface area (Å²) in [6.45, 7) is 3.62. The lowest BCUT2D eigenvalue weighted by Gasteiger charge is -2.11. The topological polar surface area (TPSA) is 111 Å². The molecule has 2 aromatic heterocycles. The Balaban J connectivity index is 1.29. The third-order valence-electron chi connectivity index (χ3n) is 5.42. The zero-order valence-corrected chi connectivity index (χ0v) is 18.7. The summed E-state index contributed by atoms with van der Waals surface area (Å²) in [4.78, 5) is 27.9. The first-order valence-corrected chi connectivity index (χ1v) is 10.8. The number of rotatable bonds is 5. The summed E-state index contributed by atoms with van der Waals surface area (Å²) >= 11 is 0. The van der Waals surface area contributed by atoms with E-state index in [1.807, 2.05) is 67.7 Å². The van der Waals surface area contributed by atoms with Gasteiger partial charge in [-0.3, -0.25) is 4.79 Å². The van der Waals surface area contributed by atoms with Crippen molar-refractivity contribution in [1.29, 1.82) is 0 Å². The summed E-state index contributed by atoms with van der Waals surface area (Å²) in [5, 5.41) is 11.9. The first kappa shape index (κ1) is 21.1. The molecule has 4 aromatic rings. The van der Waals surface area contributed by atoms with E-state index in [1.54, 1.807) is 19.1 Å². The number of hydrogen-bond donors (Lipinski definition) is 5. The van der Waals surface area contributed by atoms with Crippen LogP contribution in [0.2, 0.25) is 0 Å². The van der Waals surface area contributed by atoms with E-state index in [9.17, 15) is 9.59 Å². The maximum atomic E-state index is 12.5. The van der Waals surface area contributed by atoms with Gasteiger partial charge in [0.15, 0.2) is 0 Å². The van der Waals surface area contributed by atoms with Crippen LogP contribution in [0, 0.1) is 13.8 Å². The zero-order valence-electron chi connectivity index (χ0n) is 18.7. The van der Waals surface area contributed by atoms with Crippen LogP contribution in [-0.4, -0.2) is 16.9 Å². The average Bonchev–Trinajstić information content (AvgIpc) is 3.49. The summed E-state index contributed by atoms with van der Waals surface area (Å²) in [5.74, 6) is 1.25. The molecule has 0 saturated heterocycles. The van der Waals surface area contributed by atoms with Gasteiger partial charge in [0.1, 0.15) is 11.5 Å². The molecule has 5 rings (SSSR count). The van der Waals surface area contributed by atoms with E-state index in [4.69, 9.17) is 4.42 Å². The third kappa shape index (κ3) is 4.42. The monoisotopic (exact) mass is 453 g/mol. The summed E-state index contributed by atoms with van der Waals surface area (Å²) in [6.07, 6.45) is 3.65. The van der Waals surface area contributed by atoms with Crippen molar-refractivity contribution < 1.29 is 14.0 Å². The van der Waals surface area contributed by atoms with E-state index < -0.39 is 0 Å². The number of amides is 3. The van der Waals surface area contributed by atoms with Crippen LogP contribution in [0.3, 0.4) is 0 Å². The van der Waals surface area contributed by atoms with Crippen LogP contribution in [0.15, 0.2) is 71.3 Å². The molecule has 8 nitrogen and oxygen atoms in total. The van der Waals surface area contributed by atoms with E-state index in [-0.39, 0.29) is 11.9 Å². The van der Waals surface area contributed by atoms with Crippen molar-refractivity contribution in [3.63, 3.8) is 0 Å². The van der Waals surface area contributed by atoms with Crippen molar-refractivity contribution in [2.45, 2.75) is 13.8 Å². The molecule has 170 valence electrons. The number of urea groups is 1. The Labute approximate surface area is 196 Å². The Bertz CT molecular complexity index is 1420. The van der Waals surface area contributed by atoms with Crippen molar-refractivity contribution >= 4 is 52.0 Å². The SMILES string of the molecule is Cc1cc(NC(=O)Nc2cccc(Nc3ccc4c(c3)NC(=O)/C4=C\c3ccc[nH]3)c2)c(C)o1. The highest BCUT2D eigenvalue weighted by molar-refractivity contribution is 6.35. The summed E-state index contributed by atoms with van der Waals surface area (Å²) in [5.41, 5.74) is 5.94. The second-order valence-corrected chi connectivity index (χ2v) is 8.01. The number of H-pyrrole nitrogens is 1. The zero-order chi connectivity index (χ0) is 23.7. The highest BCUT2D eigenvalue weighted by Crippen LogP contribution is 2.35. The summed E-state index contributed by atoms with van der Waals surface area (Å²) in [6, 6.07) is 18.3. The Morgan fingerprint density at radius 1 is 0.941 bits per heavy atom. The number of aromatic nitrogens is 1. The van der Waals surface area contributed by atoms with E-state index in [0.717, 1.165) is 34.1 Å². The minimum atomic E-state index is -0.359. The van der Waals surface area contributed by atoms with Gasteiger partial charge in [0, 0.05) is 40.6 Å². The summed E-state index contributed by atoms with van der Waals surface area (Å²) < 4.78 is 5.44. The number of nitrogens with one attached hydrogen (secondary N) is 5. The van der Waals surface area contributed by atoms with Gasteiger partial charge in [0.2, 0.25) is 0 Å². The molecule has 3 amide bonds. The van der Waals surface area contributed by atoms with Gasteiger partial charge < -0.3 is 30.7 Å². The smallest absolute Gasteiger partial charge is 0.323 e. The molecule has 8 heteroatoms. The van der Waals surface area contributed by atoms with Gasteiger partial charge in [-0.15, -0.1) is 0 Å². The second-order valence-electron chi connectivity index (χ2n) is 8.01. The fourth-order valence-electron chi connectivity index (χ4n) is 3.89. The standard InChI is InChI=1S/C26H23N5O3/c1-15-11-23(16(2)34-15)31-26(33)29-19-6-3-5-18(12-19)28-20-8-9-21-22(13-17-7-4-10-27-17)25(32)30-24(21)14-20/h3-14,27-28H,1-2H3,(H,30,32)(H2,29,31,33)/b22-13-. The van der Waals surface area contributed by atoms with Gasteiger partial charge in [-0.1, -0.05) is 12.1 Å². The fourth-order valence-corrected chi connectivity index (χ4v) is 3.89. The van der Waals surface area contributed by atoms with Gasteiger partial charge >= 0.3 is 6.03 Å². The maximum Gasteiger partial charge on any atom is 0.323 e. The van der Waals surface area contributed by atoms with Crippen LogP contribution in [0.4, 0.5) is 33.2 Å². The molecule has 0 aliphatic carbocycles. The Morgan fingerprint density at radius 3 is 2.53 bits per heavy atom. The van der Waals surface area contributed by atoms with Crippen LogP contribution in [0.25, 0.3) is 11.6 Å². The first-order valence-electron chi connectivity index (χ1n) is 10.8. The summed E-state index contributed by atoms with van der Waals surface area (Å²) in [7, 11) is 0. The van der Waals surface area contributed by atoms with Crippen LogP contribution in [-0.2, 0) is 4.79 Å². The molecule has 0 bridgehead atoms. The second kappa shape index (κ2) is 8.67. The van der Waals surface area contributed by atoms with Crippen molar-refractivity contribution in [3.05, 3.63) is 89.6 Å². The minimum Gasteiger partial charge on any atom is -0.464 e. The molecule has 0 saturated carbocycles. The molecule has 0 atom stereocenters. The fraction of sp³-hybridized carbons (Fsp3) is 0.0769. The quantitative estimate of drug-likeness (QED) is 0.235. The number of anilines is 5. The maximum absolute atomic E-state index is 12.5.